The van der Waals surface area contributed by atoms with E-state index in [1.807, 2.05) is 30.3 Å². The molecule has 0 unspecified atom stereocenters. The molecule has 0 aliphatic heterocycles. The monoisotopic (exact) mass is 390 g/mol. The molecule has 2 aromatic carbocycles. The molecule has 28 heavy (non-hydrogen) atoms. The zero-order chi connectivity index (χ0) is 19.8. The van der Waals surface area contributed by atoms with Crippen LogP contribution in [0.2, 0.25) is 5.02 Å². The van der Waals surface area contributed by atoms with Crippen molar-refractivity contribution in [2.75, 3.05) is 0 Å². The summed E-state index contributed by atoms with van der Waals surface area (Å²) < 4.78 is 3.97. The van der Waals surface area contributed by atoms with E-state index in [0.29, 0.717) is 22.4 Å². The lowest BCUT2D eigenvalue weighted by Crippen LogP contribution is -2.38. The van der Waals surface area contributed by atoms with E-state index >= 15 is 0 Å². The Kier molecular flexibility index (Phi) is 4.38. The summed E-state index contributed by atoms with van der Waals surface area (Å²) in [7, 11) is 3.27. The van der Waals surface area contributed by atoms with Crippen LogP contribution in [0.3, 0.4) is 0 Å². The Morgan fingerprint density at radius 2 is 1.68 bits per heavy atom. The number of halogens is 1. The van der Waals surface area contributed by atoms with Gasteiger partial charge in [0.2, 0.25) is 0 Å². The molecule has 0 aliphatic carbocycles. The van der Waals surface area contributed by atoms with Gasteiger partial charge in [-0.1, -0.05) is 41.6 Å². The van der Waals surface area contributed by atoms with Crippen molar-refractivity contribution in [1.82, 2.24) is 18.7 Å². The molecule has 138 valence electrons. The summed E-state index contributed by atoms with van der Waals surface area (Å²) in [6.45, 7) is 0. The normalized spacial score (nSPS) is 10.7. The van der Waals surface area contributed by atoms with Crippen LogP contribution in [0.4, 0.5) is 0 Å². The summed E-state index contributed by atoms with van der Waals surface area (Å²) in [5.41, 5.74) is 1.55. The molecular weight excluding hydrogens is 376 g/mol. The highest BCUT2D eigenvalue weighted by atomic mass is 35.5. The average molecular weight is 391 g/mol. The van der Waals surface area contributed by atoms with Crippen LogP contribution in [0.5, 0.6) is 0 Å². The van der Waals surface area contributed by atoms with E-state index in [1.165, 1.54) is 10.9 Å². The maximum atomic E-state index is 12.9. The quantitative estimate of drug-likeness (QED) is 0.469. The van der Waals surface area contributed by atoms with Gasteiger partial charge >= 0.3 is 5.69 Å². The second-order valence-corrected chi connectivity index (χ2v) is 6.70. The van der Waals surface area contributed by atoms with E-state index in [-0.39, 0.29) is 5.02 Å². The third-order valence-electron chi connectivity index (χ3n) is 4.43. The van der Waals surface area contributed by atoms with Crippen molar-refractivity contribution in [1.29, 1.82) is 0 Å². The van der Waals surface area contributed by atoms with Gasteiger partial charge in [0.05, 0.1) is 17.0 Å². The minimum atomic E-state index is -0.513. The van der Waals surface area contributed by atoms with Crippen LogP contribution in [0.25, 0.3) is 16.9 Å². The lowest BCUT2D eigenvalue weighted by Gasteiger charge is -2.10. The van der Waals surface area contributed by atoms with Crippen LogP contribution in [0, 0.1) is 11.8 Å². The highest BCUT2D eigenvalue weighted by Gasteiger charge is 2.17. The van der Waals surface area contributed by atoms with Gasteiger partial charge in [0.25, 0.3) is 5.56 Å². The number of hydrogen-bond donors (Lipinski definition) is 0. The summed E-state index contributed by atoms with van der Waals surface area (Å²) in [6.07, 6.45) is 1.50. The van der Waals surface area contributed by atoms with Gasteiger partial charge in [-0.3, -0.25) is 9.36 Å². The number of aromatic nitrogens is 4. The Morgan fingerprint density at radius 1 is 0.964 bits per heavy atom. The average Bonchev–Trinajstić information content (AvgIpc) is 3.09. The summed E-state index contributed by atoms with van der Waals surface area (Å²) in [5, 5.41) is 0.264. The van der Waals surface area contributed by atoms with Gasteiger partial charge in [0.15, 0.2) is 11.2 Å². The third-order valence-corrected chi connectivity index (χ3v) is 4.74. The first-order chi connectivity index (χ1) is 13.5. The maximum absolute atomic E-state index is 12.9. The van der Waals surface area contributed by atoms with Crippen LogP contribution < -0.4 is 11.2 Å². The minimum Gasteiger partial charge on any atom is -0.328 e. The van der Waals surface area contributed by atoms with Crippen molar-refractivity contribution < 1.29 is 0 Å². The number of imidazole rings is 1. The second-order valence-electron chi connectivity index (χ2n) is 6.29. The highest BCUT2D eigenvalue weighted by molar-refractivity contribution is 6.32. The van der Waals surface area contributed by atoms with Crippen molar-refractivity contribution in [3.63, 3.8) is 0 Å². The molecule has 0 atom stereocenters. The molecule has 4 aromatic rings. The van der Waals surface area contributed by atoms with Crippen molar-refractivity contribution in [3.05, 3.63) is 91.8 Å². The minimum absolute atomic E-state index is 0.264. The van der Waals surface area contributed by atoms with E-state index in [0.717, 1.165) is 10.1 Å². The molecule has 4 rings (SSSR count). The Labute approximate surface area is 165 Å². The SMILES string of the molecule is Cn1cnc2c1c(=O)n(-c1ccc(C#Cc3ccccc3)cc1Cl)c(=O)n2C. The van der Waals surface area contributed by atoms with Gasteiger partial charge < -0.3 is 4.57 Å². The number of rotatable bonds is 1. The van der Waals surface area contributed by atoms with Gasteiger partial charge in [-0.2, -0.15) is 0 Å². The van der Waals surface area contributed by atoms with Crippen molar-refractivity contribution in [3.8, 4) is 17.5 Å². The zero-order valence-electron chi connectivity index (χ0n) is 15.2. The third kappa shape index (κ3) is 2.92. The Hall–Kier alpha value is -3.56. The number of fused-ring (bicyclic) bond motifs is 1. The summed E-state index contributed by atoms with van der Waals surface area (Å²) in [4.78, 5) is 29.8. The Bertz CT molecular complexity index is 1390. The van der Waals surface area contributed by atoms with E-state index in [4.69, 9.17) is 11.6 Å². The number of nitrogens with zero attached hydrogens (tertiary/aromatic N) is 4. The largest absolute Gasteiger partial charge is 0.337 e. The Morgan fingerprint density at radius 3 is 2.39 bits per heavy atom. The molecule has 0 amide bonds. The summed E-state index contributed by atoms with van der Waals surface area (Å²) >= 11 is 6.41. The highest BCUT2D eigenvalue weighted by Crippen LogP contribution is 2.20. The fraction of sp³-hybridized carbons (Fsp3) is 0.0952. The predicted octanol–water partition coefficient (Wildman–Crippen LogP) is 2.48. The molecule has 2 heterocycles. The van der Waals surface area contributed by atoms with E-state index in [9.17, 15) is 9.59 Å². The molecule has 0 radical (unpaired) electrons. The van der Waals surface area contributed by atoms with Crippen molar-refractivity contribution >= 4 is 22.8 Å². The zero-order valence-corrected chi connectivity index (χ0v) is 15.9. The fourth-order valence-electron chi connectivity index (χ4n) is 2.99. The molecule has 2 aromatic heterocycles. The first kappa shape index (κ1) is 17.8. The van der Waals surface area contributed by atoms with Gasteiger partial charge in [0, 0.05) is 25.2 Å². The number of benzene rings is 2. The summed E-state index contributed by atoms with van der Waals surface area (Å²) in [6, 6.07) is 14.6. The van der Waals surface area contributed by atoms with E-state index in [2.05, 4.69) is 16.8 Å². The molecule has 0 fully saturated rings. The first-order valence-corrected chi connectivity index (χ1v) is 8.85. The fourth-order valence-corrected chi connectivity index (χ4v) is 3.25. The molecule has 0 spiro atoms. The van der Waals surface area contributed by atoms with Crippen LogP contribution in [-0.4, -0.2) is 18.7 Å². The van der Waals surface area contributed by atoms with Gasteiger partial charge in [0.1, 0.15) is 0 Å². The molecule has 0 saturated heterocycles. The summed E-state index contributed by atoms with van der Waals surface area (Å²) in [5.74, 6) is 6.09. The van der Waals surface area contributed by atoms with E-state index < -0.39 is 11.2 Å². The van der Waals surface area contributed by atoms with Crippen molar-refractivity contribution in [2.24, 2.45) is 14.1 Å². The van der Waals surface area contributed by atoms with Crippen LogP contribution in [0.15, 0.2) is 64.4 Å². The molecule has 6 nitrogen and oxygen atoms in total. The smallest absolute Gasteiger partial charge is 0.328 e. The number of hydrogen-bond acceptors (Lipinski definition) is 3. The Balaban J connectivity index is 1.86. The standard InChI is InChI=1S/C21H15ClN4O2/c1-24-13-23-19-18(24)20(27)26(21(28)25(19)2)17-11-10-15(12-16(17)22)9-8-14-6-4-3-5-7-14/h3-7,10-13H,1-2H3. The van der Waals surface area contributed by atoms with E-state index in [1.54, 1.807) is 36.9 Å². The van der Waals surface area contributed by atoms with Crippen molar-refractivity contribution in [2.45, 2.75) is 0 Å². The molecule has 7 heteroatoms. The lowest BCUT2D eigenvalue weighted by atomic mass is 10.1. The lowest BCUT2D eigenvalue weighted by molar-refractivity contribution is 0.763. The van der Waals surface area contributed by atoms with Gasteiger partial charge in [-0.15, -0.1) is 0 Å². The molecule has 0 bridgehead atoms. The second kappa shape index (κ2) is 6.87. The first-order valence-electron chi connectivity index (χ1n) is 8.47. The molecule has 0 saturated carbocycles. The van der Waals surface area contributed by atoms with Crippen LogP contribution in [0.1, 0.15) is 11.1 Å². The topological polar surface area (TPSA) is 61.8 Å². The van der Waals surface area contributed by atoms with Crippen LogP contribution in [-0.2, 0) is 14.1 Å². The van der Waals surface area contributed by atoms with Crippen LogP contribution >= 0.6 is 11.6 Å². The predicted molar refractivity (Wildman–Crippen MR) is 109 cm³/mol. The molecule has 0 N–H and O–H groups in total. The van der Waals surface area contributed by atoms with Gasteiger partial charge in [-0.25, -0.2) is 14.3 Å². The number of aryl methyl sites for hydroxylation is 2. The molecular formula is C21H15ClN4O2. The van der Waals surface area contributed by atoms with Gasteiger partial charge in [-0.05, 0) is 30.3 Å². The molecule has 0 aliphatic rings. The maximum Gasteiger partial charge on any atom is 0.337 e.